The Balaban J connectivity index is 2.02. The lowest BCUT2D eigenvalue weighted by Gasteiger charge is -2.13. The summed E-state index contributed by atoms with van der Waals surface area (Å²) in [5, 5.41) is 13.6. The van der Waals surface area contributed by atoms with Crippen LogP contribution < -0.4 is 16.2 Å². The second-order valence-corrected chi connectivity index (χ2v) is 5.06. The Bertz CT molecular complexity index is 776. The van der Waals surface area contributed by atoms with E-state index in [1.807, 2.05) is 0 Å². The smallest absolute Gasteiger partial charge is 0.271 e. The van der Waals surface area contributed by atoms with E-state index in [9.17, 15) is 18.9 Å². The lowest BCUT2D eigenvalue weighted by Crippen LogP contribution is -2.33. The molecule has 0 atom stereocenters. The molecular formula is C13H9ClF2N4O2S. The average molecular weight is 359 g/mol. The average Bonchev–Trinajstić information content (AvgIpc) is 2.48. The Hall–Kier alpha value is -2.52. The van der Waals surface area contributed by atoms with Crippen LogP contribution in [0.4, 0.5) is 25.8 Å². The van der Waals surface area contributed by atoms with Gasteiger partial charge in [-0.1, -0.05) is 11.6 Å². The fourth-order valence-corrected chi connectivity index (χ4v) is 1.92. The molecule has 2 aromatic rings. The Morgan fingerprint density at radius 1 is 1.17 bits per heavy atom. The zero-order valence-electron chi connectivity index (χ0n) is 11.3. The molecule has 0 saturated carbocycles. The molecule has 10 heteroatoms. The number of nitro benzene ring substituents is 1. The van der Waals surface area contributed by atoms with Crippen molar-refractivity contribution in [1.29, 1.82) is 0 Å². The van der Waals surface area contributed by atoms with E-state index in [-0.39, 0.29) is 27.2 Å². The zero-order valence-corrected chi connectivity index (χ0v) is 12.8. The van der Waals surface area contributed by atoms with Crippen molar-refractivity contribution in [3.8, 4) is 0 Å². The molecule has 23 heavy (non-hydrogen) atoms. The van der Waals surface area contributed by atoms with E-state index < -0.39 is 16.6 Å². The lowest BCUT2D eigenvalue weighted by molar-refractivity contribution is -0.384. The summed E-state index contributed by atoms with van der Waals surface area (Å²) < 4.78 is 26.2. The van der Waals surface area contributed by atoms with Gasteiger partial charge in [0.25, 0.3) is 5.69 Å². The van der Waals surface area contributed by atoms with Crippen LogP contribution in [0.15, 0.2) is 36.4 Å². The van der Waals surface area contributed by atoms with Crippen LogP contribution >= 0.6 is 23.8 Å². The summed E-state index contributed by atoms with van der Waals surface area (Å²) in [5.74, 6) is -1.52. The molecule has 0 amide bonds. The minimum atomic E-state index is -0.811. The van der Waals surface area contributed by atoms with Gasteiger partial charge in [-0.05, 0) is 30.4 Å². The maximum atomic E-state index is 13.4. The number of halogens is 3. The molecule has 0 bridgehead atoms. The molecule has 0 heterocycles. The molecule has 0 saturated heterocycles. The van der Waals surface area contributed by atoms with Crippen molar-refractivity contribution in [1.82, 2.24) is 5.43 Å². The molecule has 0 aliphatic heterocycles. The van der Waals surface area contributed by atoms with Crippen LogP contribution in [0.2, 0.25) is 5.02 Å². The molecule has 0 aromatic heterocycles. The summed E-state index contributed by atoms with van der Waals surface area (Å²) >= 11 is 10.9. The van der Waals surface area contributed by atoms with Crippen LogP contribution in [0, 0.1) is 21.7 Å². The quantitative estimate of drug-likeness (QED) is 0.438. The third kappa shape index (κ3) is 4.47. The van der Waals surface area contributed by atoms with E-state index >= 15 is 0 Å². The van der Waals surface area contributed by atoms with Gasteiger partial charge in [0, 0.05) is 18.2 Å². The van der Waals surface area contributed by atoms with Gasteiger partial charge in [-0.2, -0.15) is 0 Å². The minimum absolute atomic E-state index is 0.0175. The van der Waals surface area contributed by atoms with Crippen LogP contribution in [0.1, 0.15) is 0 Å². The van der Waals surface area contributed by atoms with Gasteiger partial charge in [-0.25, -0.2) is 8.78 Å². The molecular weight excluding hydrogens is 350 g/mol. The molecule has 2 aromatic carbocycles. The Labute approximate surface area is 139 Å². The van der Waals surface area contributed by atoms with Gasteiger partial charge in [0.1, 0.15) is 5.82 Å². The highest BCUT2D eigenvalue weighted by Gasteiger charge is 2.11. The molecule has 0 radical (unpaired) electrons. The first-order valence-electron chi connectivity index (χ1n) is 6.09. The van der Waals surface area contributed by atoms with Crippen LogP contribution in [0.25, 0.3) is 0 Å². The second kappa shape index (κ2) is 7.16. The lowest BCUT2D eigenvalue weighted by atomic mass is 10.3. The summed E-state index contributed by atoms with van der Waals surface area (Å²) in [4.78, 5) is 10.1. The maximum absolute atomic E-state index is 13.4. The van der Waals surface area contributed by atoms with Crippen molar-refractivity contribution in [2.24, 2.45) is 0 Å². The highest BCUT2D eigenvalue weighted by Crippen LogP contribution is 2.26. The van der Waals surface area contributed by atoms with E-state index in [1.54, 1.807) is 0 Å². The van der Waals surface area contributed by atoms with Gasteiger partial charge in [-0.3, -0.25) is 21.0 Å². The SMILES string of the molecule is O=[N+]([O-])c1ccc(Cl)c(NC(=S)NNc2ccc(F)cc2F)c1. The topological polar surface area (TPSA) is 79.2 Å². The summed E-state index contributed by atoms with van der Waals surface area (Å²) in [7, 11) is 0. The monoisotopic (exact) mass is 358 g/mol. The molecule has 0 aliphatic rings. The highest BCUT2D eigenvalue weighted by molar-refractivity contribution is 7.80. The fourth-order valence-electron chi connectivity index (χ4n) is 1.59. The van der Waals surface area contributed by atoms with Crippen LogP contribution in [-0.2, 0) is 0 Å². The molecule has 120 valence electrons. The number of nitrogens with one attached hydrogen (secondary N) is 3. The van der Waals surface area contributed by atoms with Crippen molar-refractivity contribution >= 4 is 46.0 Å². The van der Waals surface area contributed by atoms with E-state index in [2.05, 4.69) is 16.2 Å². The number of nitro groups is 1. The van der Waals surface area contributed by atoms with Gasteiger partial charge in [0.05, 0.1) is 21.3 Å². The van der Waals surface area contributed by atoms with E-state index in [4.69, 9.17) is 23.8 Å². The number of hydrazine groups is 1. The van der Waals surface area contributed by atoms with Gasteiger partial charge in [0.15, 0.2) is 10.9 Å². The van der Waals surface area contributed by atoms with E-state index in [0.717, 1.165) is 6.07 Å². The van der Waals surface area contributed by atoms with Gasteiger partial charge >= 0.3 is 0 Å². The molecule has 2 rings (SSSR count). The third-order valence-corrected chi connectivity index (χ3v) is 3.18. The number of thiocarbonyl (C=S) groups is 1. The Kier molecular flexibility index (Phi) is 5.24. The van der Waals surface area contributed by atoms with Crippen LogP contribution in [0.3, 0.4) is 0 Å². The number of non-ortho nitro benzene ring substituents is 1. The van der Waals surface area contributed by atoms with Crippen molar-refractivity contribution in [3.63, 3.8) is 0 Å². The van der Waals surface area contributed by atoms with E-state index in [0.29, 0.717) is 6.07 Å². The van der Waals surface area contributed by atoms with Crippen molar-refractivity contribution < 1.29 is 13.7 Å². The van der Waals surface area contributed by atoms with Gasteiger partial charge in [0.2, 0.25) is 0 Å². The van der Waals surface area contributed by atoms with Crippen molar-refractivity contribution in [3.05, 3.63) is 63.2 Å². The summed E-state index contributed by atoms with van der Waals surface area (Å²) in [6.45, 7) is 0. The van der Waals surface area contributed by atoms with E-state index in [1.165, 1.54) is 24.3 Å². The van der Waals surface area contributed by atoms with Crippen LogP contribution in [-0.4, -0.2) is 10.0 Å². The fraction of sp³-hybridized carbons (Fsp3) is 0. The normalized spacial score (nSPS) is 10.0. The zero-order chi connectivity index (χ0) is 17.0. The molecule has 0 unspecified atom stereocenters. The van der Waals surface area contributed by atoms with Crippen molar-refractivity contribution in [2.45, 2.75) is 0 Å². The molecule has 0 fully saturated rings. The summed E-state index contributed by atoms with van der Waals surface area (Å²) in [5.41, 5.74) is 4.92. The van der Waals surface area contributed by atoms with Gasteiger partial charge < -0.3 is 5.32 Å². The number of anilines is 2. The standard InChI is InChI=1S/C13H9ClF2N4O2S/c14-9-3-2-8(20(21)22)6-12(9)17-13(23)19-18-11-4-1-7(15)5-10(11)16/h1-6,18H,(H2,17,19,23). The number of benzene rings is 2. The third-order valence-electron chi connectivity index (χ3n) is 2.65. The molecule has 6 nitrogen and oxygen atoms in total. The van der Waals surface area contributed by atoms with Crippen molar-refractivity contribution in [2.75, 3.05) is 10.7 Å². The molecule has 3 N–H and O–H groups in total. The summed E-state index contributed by atoms with van der Waals surface area (Å²) in [6.07, 6.45) is 0. The Morgan fingerprint density at radius 3 is 2.57 bits per heavy atom. The molecule has 0 aliphatic carbocycles. The Morgan fingerprint density at radius 2 is 1.91 bits per heavy atom. The minimum Gasteiger partial charge on any atom is -0.330 e. The van der Waals surface area contributed by atoms with Crippen LogP contribution in [0.5, 0.6) is 0 Å². The first kappa shape index (κ1) is 16.8. The summed E-state index contributed by atoms with van der Waals surface area (Å²) in [6, 6.07) is 6.75. The largest absolute Gasteiger partial charge is 0.330 e. The molecule has 0 spiro atoms. The number of hydrogen-bond donors (Lipinski definition) is 3. The number of rotatable bonds is 4. The maximum Gasteiger partial charge on any atom is 0.271 e. The predicted molar refractivity (Wildman–Crippen MR) is 87.4 cm³/mol. The first-order valence-corrected chi connectivity index (χ1v) is 6.87. The first-order chi connectivity index (χ1) is 10.9. The predicted octanol–water partition coefficient (Wildman–Crippen LogP) is 3.84. The number of hydrogen-bond acceptors (Lipinski definition) is 4. The van der Waals surface area contributed by atoms with Gasteiger partial charge in [-0.15, -0.1) is 0 Å². The highest BCUT2D eigenvalue weighted by atomic mass is 35.5. The number of nitrogens with zero attached hydrogens (tertiary/aromatic N) is 1. The second-order valence-electron chi connectivity index (χ2n) is 4.25.